The Morgan fingerprint density at radius 3 is 2.60 bits per heavy atom. The zero-order chi connectivity index (χ0) is 10.2. The molecule has 0 atom stereocenters. The average molecular weight is 236 g/mol. The average Bonchev–Trinajstić information content (AvgIpc) is 2.88. The van der Waals surface area contributed by atoms with E-state index in [9.17, 15) is 8.78 Å². The Labute approximate surface area is 92.8 Å². The van der Waals surface area contributed by atoms with Gasteiger partial charge in [-0.15, -0.1) is 12.4 Å². The predicted molar refractivity (Wildman–Crippen MR) is 55.3 cm³/mol. The molecule has 0 amide bonds. The number of halogens is 3. The van der Waals surface area contributed by atoms with Crippen molar-refractivity contribution in [3.63, 3.8) is 0 Å². The number of nitrogens with two attached hydrogens (primary N) is 1. The number of benzene rings is 1. The van der Waals surface area contributed by atoms with E-state index in [4.69, 9.17) is 10.5 Å². The summed E-state index contributed by atoms with van der Waals surface area (Å²) in [5.74, 6) is -1.91. The van der Waals surface area contributed by atoms with Crippen LogP contribution in [0.2, 0.25) is 0 Å². The lowest BCUT2D eigenvalue weighted by Crippen LogP contribution is -2.30. The van der Waals surface area contributed by atoms with Gasteiger partial charge in [0.25, 0.3) is 0 Å². The van der Waals surface area contributed by atoms with Crippen LogP contribution in [0.1, 0.15) is 12.8 Å². The predicted octanol–water partition coefficient (Wildman–Crippen LogP) is 2.26. The normalized spacial score (nSPS) is 16.7. The summed E-state index contributed by atoms with van der Waals surface area (Å²) < 4.78 is 30.9. The Morgan fingerprint density at radius 2 is 2.00 bits per heavy atom. The van der Waals surface area contributed by atoms with E-state index in [1.165, 1.54) is 12.1 Å². The van der Waals surface area contributed by atoms with E-state index < -0.39 is 11.6 Å². The molecule has 1 aromatic carbocycles. The van der Waals surface area contributed by atoms with Gasteiger partial charge < -0.3 is 10.5 Å². The topological polar surface area (TPSA) is 35.2 Å². The van der Waals surface area contributed by atoms with Crippen LogP contribution in [0, 0.1) is 11.6 Å². The Balaban J connectivity index is 0.00000112. The van der Waals surface area contributed by atoms with E-state index in [2.05, 4.69) is 0 Å². The Kier molecular flexibility index (Phi) is 3.52. The molecule has 0 bridgehead atoms. The van der Waals surface area contributed by atoms with Crippen LogP contribution in [-0.2, 0) is 0 Å². The molecule has 0 heterocycles. The zero-order valence-electron chi connectivity index (χ0n) is 8.00. The fraction of sp³-hybridized carbons (Fsp3) is 0.400. The van der Waals surface area contributed by atoms with Gasteiger partial charge in [0.1, 0.15) is 6.61 Å². The highest BCUT2D eigenvalue weighted by Crippen LogP contribution is 2.33. The van der Waals surface area contributed by atoms with E-state index in [0.29, 0.717) is 0 Å². The molecule has 0 unspecified atom stereocenters. The summed E-state index contributed by atoms with van der Waals surface area (Å²) in [4.78, 5) is 0. The van der Waals surface area contributed by atoms with Gasteiger partial charge in [-0.3, -0.25) is 0 Å². The fourth-order valence-corrected chi connectivity index (χ4v) is 1.12. The first-order valence-electron chi connectivity index (χ1n) is 4.46. The molecule has 1 aromatic rings. The van der Waals surface area contributed by atoms with E-state index in [1.807, 2.05) is 0 Å². The standard InChI is InChI=1S/C10H11F2NO.ClH/c11-7-2-1-3-8(9(7)12)14-6-10(13)4-5-10;/h1-3H,4-6,13H2;1H. The molecule has 1 aliphatic carbocycles. The minimum absolute atomic E-state index is 0. The van der Waals surface area contributed by atoms with E-state index in [0.717, 1.165) is 18.9 Å². The molecule has 1 aliphatic rings. The summed E-state index contributed by atoms with van der Waals surface area (Å²) >= 11 is 0. The molecule has 84 valence electrons. The second-order valence-corrected chi connectivity index (χ2v) is 3.70. The summed E-state index contributed by atoms with van der Waals surface area (Å²) in [5, 5.41) is 0. The van der Waals surface area contributed by atoms with Crippen LogP contribution in [0.15, 0.2) is 18.2 Å². The van der Waals surface area contributed by atoms with Gasteiger partial charge in [0.15, 0.2) is 11.6 Å². The highest BCUT2D eigenvalue weighted by atomic mass is 35.5. The van der Waals surface area contributed by atoms with Crippen LogP contribution in [0.25, 0.3) is 0 Å². The summed E-state index contributed by atoms with van der Waals surface area (Å²) in [7, 11) is 0. The van der Waals surface area contributed by atoms with Crippen molar-refractivity contribution in [2.24, 2.45) is 5.73 Å². The van der Waals surface area contributed by atoms with Crippen LogP contribution >= 0.6 is 12.4 Å². The SMILES string of the molecule is Cl.NC1(COc2cccc(F)c2F)CC1. The lowest BCUT2D eigenvalue weighted by molar-refractivity contribution is 0.263. The number of rotatable bonds is 3. The molecule has 15 heavy (non-hydrogen) atoms. The second kappa shape index (κ2) is 4.33. The van der Waals surface area contributed by atoms with Gasteiger partial charge in [-0.25, -0.2) is 4.39 Å². The molecule has 2 N–H and O–H groups in total. The van der Waals surface area contributed by atoms with Crippen molar-refractivity contribution in [1.29, 1.82) is 0 Å². The first kappa shape index (κ1) is 12.2. The molecule has 0 spiro atoms. The molecule has 0 radical (unpaired) electrons. The molecule has 0 aliphatic heterocycles. The van der Waals surface area contributed by atoms with Crippen LogP contribution < -0.4 is 10.5 Å². The third-order valence-corrected chi connectivity index (χ3v) is 2.32. The molecule has 2 nitrogen and oxygen atoms in total. The molecule has 1 fully saturated rings. The Bertz CT molecular complexity index is 355. The molecule has 5 heteroatoms. The lowest BCUT2D eigenvalue weighted by Gasteiger charge is -2.11. The second-order valence-electron chi connectivity index (χ2n) is 3.70. The summed E-state index contributed by atoms with van der Waals surface area (Å²) in [6.45, 7) is 0.243. The van der Waals surface area contributed by atoms with Crippen LogP contribution in [0.5, 0.6) is 5.75 Å². The first-order valence-corrected chi connectivity index (χ1v) is 4.46. The van der Waals surface area contributed by atoms with Gasteiger partial charge in [-0.1, -0.05) is 6.07 Å². The maximum absolute atomic E-state index is 13.1. The van der Waals surface area contributed by atoms with Gasteiger partial charge in [-0.2, -0.15) is 4.39 Å². The summed E-state index contributed by atoms with van der Waals surface area (Å²) in [6.07, 6.45) is 1.76. The maximum Gasteiger partial charge on any atom is 0.200 e. The van der Waals surface area contributed by atoms with Gasteiger partial charge in [0.2, 0.25) is 5.82 Å². The minimum atomic E-state index is -0.947. The van der Waals surface area contributed by atoms with Gasteiger partial charge in [0, 0.05) is 0 Å². The van der Waals surface area contributed by atoms with Crippen LogP contribution in [0.3, 0.4) is 0 Å². The van der Waals surface area contributed by atoms with E-state index >= 15 is 0 Å². The number of hydrogen-bond donors (Lipinski definition) is 1. The highest BCUT2D eigenvalue weighted by Gasteiger charge is 2.39. The molecule has 1 saturated carbocycles. The quantitative estimate of drug-likeness (QED) is 0.872. The third kappa shape index (κ3) is 2.79. The molecule has 2 rings (SSSR count). The molecular formula is C10H12ClF2NO. The van der Waals surface area contributed by atoms with Crippen molar-refractivity contribution in [3.05, 3.63) is 29.8 Å². The summed E-state index contributed by atoms with van der Waals surface area (Å²) in [6, 6.07) is 3.85. The van der Waals surface area contributed by atoms with Crippen molar-refractivity contribution >= 4 is 12.4 Å². The molecule has 0 saturated heterocycles. The van der Waals surface area contributed by atoms with Crippen molar-refractivity contribution in [1.82, 2.24) is 0 Å². The fourth-order valence-electron chi connectivity index (χ4n) is 1.12. The van der Waals surface area contributed by atoms with Gasteiger partial charge >= 0.3 is 0 Å². The van der Waals surface area contributed by atoms with E-state index in [1.54, 1.807) is 0 Å². The maximum atomic E-state index is 13.1. The number of hydrogen-bond acceptors (Lipinski definition) is 2. The molecular weight excluding hydrogens is 224 g/mol. The largest absolute Gasteiger partial charge is 0.488 e. The van der Waals surface area contributed by atoms with Crippen molar-refractivity contribution in [3.8, 4) is 5.75 Å². The van der Waals surface area contributed by atoms with Gasteiger partial charge in [0.05, 0.1) is 5.54 Å². The van der Waals surface area contributed by atoms with Crippen molar-refractivity contribution in [2.45, 2.75) is 18.4 Å². The summed E-state index contributed by atoms with van der Waals surface area (Å²) in [5.41, 5.74) is 5.42. The third-order valence-electron chi connectivity index (χ3n) is 2.32. The Morgan fingerprint density at radius 1 is 1.33 bits per heavy atom. The zero-order valence-corrected chi connectivity index (χ0v) is 8.82. The van der Waals surface area contributed by atoms with Crippen LogP contribution in [-0.4, -0.2) is 12.1 Å². The van der Waals surface area contributed by atoms with Crippen molar-refractivity contribution in [2.75, 3.05) is 6.61 Å². The number of ether oxygens (including phenoxy) is 1. The monoisotopic (exact) mass is 235 g/mol. The highest BCUT2D eigenvalue weighted by molar-refractivity contribution is 5.85. The van der Waals surface area contributed by atoms with E-state index in [-0.39, 0.29) is 30.3 Å². The lowest BCUT2D eigenvalue weighted by atomic mass is 10.3. The van der Waals surface area contributed by atoms with Crippen molar-refractivity contribution < 1.29 is 13.5 Å². The Hall–Kier alpha value is -0.870. The molecule has 0 aromatic heterocycles. The minimum Gasteiger partial charge on any atom is -0.488 e. The van der Waals surface area contributed by atoms with Crippen LogP contribution in [0.4, 0.5) is 8.78 Å². The first-order chi connectivity index (χ1) is 6.61. The smallest absolute Gasteiger partial charge is 0.200 e. The van der Waals surface area contributed by atoms with Gasteiger partial charge in [-0.05, 0) is 25.0 Å².